The number of hydrogen-bond acceptors (Lipinski definition) is 8. The van der Waals surface area contributed by atoms with Crippen LogP contribution in [-0.2, 0) is 17.8 Å². The number of Topliss-reactive ketones (excluding diaryl/α,β-unsaturated/α-hetero) is 1. The summed E-state index contributed by atoms with van der Waals surface area (Å²) in [5.41, 5.74) is 6.87. The van der Waals surface area contributed by atoms with E-state index < -0.39 is 47.3 Å². The molecule has 5 atom stereocenters. The second-order valence-electron chi connectivity index (χ2n) is 13.2. The van der Waals surface area contributed by atoms with E-state index in [-0.39, 0.29) is 34.0 Å². The standard InChI is InChI=1S/C34H40FN3O6/c1-34(44)27-23(29(37(2)3)32(42)28(34)33(36)43)15-19-14-22-21(8-9-24(39)26(22)30(40)25(19)31(27)41)18-6-4-17(5-7-18)16-38-12-10-20(35)11-13-38/h4-9,19-20,23,27,29,39,41-42,44H,10-16H2,1-3H3,(H2,36,43)/t19?,23?,27?,29-,34?/m0/s1. The summed E-state index contributed by atoms with van der Waals surface area (Å²) in [6, 6.07) is 10.6. The van der Waals surface area contributed by atoms with Crippen molar-refractivity contribution in [1.82, 2.24) is 9.80 Å². The monoisotopic (exact) mass is 605 g/mol. The molecule has 4 aliphatic rings. The van der Waals surface area contributed by atoms with Crippen molar-refractivity contribution >= 4 is 11.7 Å². The van der Waals surface area contributed by atoms with E-state index in [1.807, 2.05) is 24.3 Å². The number of nitrogens with two attached hydrogens (primary N) is 1. The van der Waals surface area contributed by atoms with E-state index in [0.717, 1.165) is 36.3 Å². The number of phenolic OH excluding ortho intramolecular Hbond substituents is 1. The highest BCUT2D eigenvalue weighted by Gasteiger charge is 2.59. The molecule has 1 fully saturated rings. The van der Waals surface area contributed by atoms with Crippen LogP contribution in [0.4, 0.5) is 4.39 Å². The van der Waals surface area contributed by atoms with Crippen molar-refractivity contribution in [1.29, 1.82) is 0 Å². The number of amides is 1. The normalized spacial score (nSPS) is 29.5. The number of aliphatic hydroxyl groups excluding tert-OH is 2. The smallest absolute Gasteiger partial charge is 0.251 e. The van der Waals surface area contributed by atoms with Gasteiger partial charge in [-0.25, -0.2) is 4.39 Å². The second-order valence-corrected chi connectivity index (χ2v) is 13.2. The Morgan fingerprint density at radius 3 is 2.34 bits per heavy atom. The Morgan fingerprint density at radius 1 is 1.07 bits per heavy atom. The number of alkyl halides is 1. The minimum Gasteiger partial charge on any atom is -0.511 e. The van der Waals surface area contributed by atoms with E-state index in [0.29, 0.717) is 31.2 Å². The van der Waals surface area contributed by atoms with Gasteiger partial charge in [0, 0.05) is 25.2 Å². The lowest BCUT2D eigenvalue weighted by molar-refractivity contribution is -0.120. The van der Waals surface area contributed by atoms with E-state index in [4.69, 9.17) is 5.73 Å². The number of hydrogen-bond donors (Lipinski definition) is 5. The van der Waals surface area contributed by atoms with Gasteiger partial charge in [-0.05, 0) is 86.9 Å². The van der Waals surface area contributed by atoms with Crippen LogP contribution >= 0.6 is 0 Å². The number of fused-ring (bicyclic) bond motifs is 3. The minimum atomic E-state index is -2.02. The number of phenols is 1. The molecule has 3 aliphatic carbocycles. The first-order valence-electron chi connectivity index (χ1n) is 15.2. The molecule has 0 aromatic heterocycles. The highest BCUT2D eigenvalue weighted by Crippen LogP contribution is 2.55. The number of primary amides is 1. The number of rotatable bonds is 5. The topological polar surface area (TPSA) is 148 Å². The molecule has 6 rings (SSSR count). The number of carbonyl (C=O) groups is 2. The van der Waals surface area contributed by atoms with Crippen molar-refractivity contribution in [2.45, 2.75) is 57.0 Å². The maximum Gasteiger partial charge on any atom is 0.251 e. The lowest BCUT2D eigenvalue weighted by atomic mass is 9.56. The van der Waals surface area contributed by atoms with Crippen LogP contribution in [0, 0.1) is 17.8 Å². The summed E-state index contributed by atoms with van der Waals surface area (Å²) in [5, 5.41) is 45.3. The maximum absolute atomic E-state index is 14.1. The van der Waals surface area contributed by atoms with Gasteiger partial charge in [0.25, 0.3) is 5.91 Å². The molecule has 4 unspecified atom stereocenters. The van der Waals surface area contributed by atoms with Gasteiger partial charge in [0.1, 0.15) is 29.0 Å². The van der Waals surface area contributed by atoms with E-state index >= 15 is 0 Å². The third-order valence-corrected chi connectivity index (χ3v) is 10.2. The third-order valence-electron chi connectivity index (χ3n) is 10.2. The number of halogens is 1. The van der Waals surface area contributed by atoms with Gasteiger partial charge in [0.15, 0.2) is 5.78 Å². The summed E-state index contributed by atoms with van der Waals surface area (Å²) in [6.07, 6.45) is 1.07. The zero-order chi connectivity index (χ0) is 31.7. The molecule has 0 saturated carbocycles. The van der Waals surface area contributed by atoms with Crippen molar-refractivity contribution in [2.24, 2.45) is 23.5 Å². The Kier molecular flexibility index (Phi) is 7.58. The van der Waals surface area contributed by atoms with Crippen LogP contribution in [0.2, 0.25) is 0 Å². The van der Waals surface area contributed by atoms with Crippen LogP contribution in [0.5, 0.6) is 5.75 Å². The zero-order valence-corrected chi connectivity index (χ0v) is 25.3. The molecular formula is C34H40FN3O6. The summed E-state index contributed by atoms with van der Waals surface area (Å²) in [7, 11) is 3.47. The number of likely N-dealkylation sites (N-methyl/N-ethyl adjacent to an activating group) is 1. The average molecular weight is 606 g/mol. The van der Waals surface area contributed by atoms with E-state index in [1.54, 1.807) is 25.1 Å². The quantitative estimate of drug-likeness (QED) is 0.346. The van der Waals surface area contributed by atoms with Crippen LogP contribution in [0.1, 0.15) is 47.7 Å². The second kappa shape index (κ2) is 11.0. The molecule has 1 saturated heterocycles. The summed E-state index contributed by atoms with van der Waals surface area (Å²) in [6.45, 7) is 3.51. The fourth-order valence-electron chi connectivity index (χ4n) is 8.27. The van der Waals surface area contributed by atoms with Gasteiger partial charge >= 0.3 is 0 Å². The highest BCUT2D eigenvalue weighted by molar-refractivity contribution is 6.14. The average Bonchev–Trinajstić information content (AvgIpc) is 2.94. The Balaban J connectivity index is 1.38. The molecule has 0 bridgehead atoms. The molecule has 0 spiro atoms. The van der Waals surface area contributed by atoms with Gasteiger partial charge in [-0.1, -0.05) is 30.3 Å². The number of piperidine rings is 1. The fourth-order valence-corrected chi connectivity index (χ4v) is 8.27. The summed E-state index contributed by atoms with van der Waals surface area (Å²) in [4.78, 5) is 30.5. The van der Waals surface area contributed by atoms with E-state index in [9.17, 15) is 34.4 Å². The number of aromatic hydroxyl groups is 1. The predicted octanol–water partition coefficient (Wildman–Crippen LogP) is 3.79. The van der Waals surface area contributed by atoms with Crippen LogP contribution < -0.4 is 5.73 Å². The van der Waals surface area contributed by atoms with E-state index in [2.05, 4.69) is 4.90 Å². The molecule has 6 N–H and O–H groups in total. The van der Waals surface area contributed by atoms with Crippen molar-refractivity contribution in [2.75, 3.05) is 27.2 Å². The van der Waals surface area contributed by atoms with Crippen LogP contribution in [0.25, 0.3) is 11.1 Å². The molecule has 1 amide bonds. The number of nitrogens with zero attached hydrogens (tertiary/aromatic N) is 2. The highest BCUT2D eigenvalue weighted by atomic mass is 19.1. The fraction of sp³-hybridized carbons (Fsp3) is 0.471. The molecule has 10 heteroatoms. The van der Waals surface area contributed by atoms with Gasteiger partial charge in [-0.2, -0.15) is 0 Å². The first-order chi connectivity index (χ1) is 20.8. The molecule has 2 aromatic rings. The first kappa shape index (κ1) is 30.3. The number of benzene rings is 2. The lowest BCUT2D eigenvalue weighted by Gasteiger charge is -2.52. The molecule has 1 heterocycles. The largest absolute Gasteiger partial charge is 0.511 e. The van der Waals surface area contributed by atoms with Gasteiger partial charge in [-0.15, -0.1) is 0 Å². The Morgan fingerprint density at radius 2 is 1.73 bits per heavy atom. The number of ketones is 1. The van der Waals surface area contributed by atoms with Gasteiger partial charge in [0.2, 0.25) is 0 Å². The Labute approximate surface area is 256 Å². The third kappa shape index (κ3) is 4.80. The molecule has 1 aliphatic heterocycles. The van der Waals surface area contributed by atoms with E-state index in [1.165, 1.54) is 13.0 Å². The Bertz CT molecular complexity index is 1570. The minimum absolute atomic E-state index is 0.113. The number of carbonyl (C=O) groups excluding carboxylic acids is 2. The number of aliphatic hydroxyl groups is 3. The van der Waals surface area contributed by atoms with Crippen molar-refractivity contribution < 1.29 is 34.4 Å². The molecule has 2 aromatic carbocycles. The Hall–Kier alpha value is -3.73. The summed E-state index contributed by atoms with van der Waals surface area (Å²) >= 11 is 0. The van der Waals surface area contributed by atoms with Crippen molar-refractivity contribution in [3.8, 4) is 16.9 Å². The van der Waals surface area contributed by atoms with Crippen LogP contribution in [-0.4, -0.2) is 86.9 Å². The summed E-state index contributed by atoms with van der Waals surface area (Å²) < 4.78 is 13.6. The SMILES string of the molecule is CN(C)[C@@H]1C(O)=C(C(N)=O)C(C)(O)C2C(O)=C3C(=O)c4c(O)ccc(-c5ccc(CN6CCC(F)CC6)cc5)c4CC3CC21. The maximum atomic E-state index is 14.1. The molecule has 0 radical (unpaired) electrons. The molecule has 234 valence electrons. The molecule has 44 heavy (non-hydrogen) atoms. The lowest BCUT2D eigenvalue weighted by Crippen LogP contribution is -2.59. The van der Waals surface area contributed by atoms with Crippen molar-refractivity contribution in [3.05, 3.63) is 75.8 Å². The van der Waals surface area contributed by atoms with Crippen LogP contribution in [0.15, 0.2) is 59.1 Å². The van der Waals surface area contributed by atoms with Gasteiger partial charge in [0.05, 0.1) is 23.1 Å². The number of allylic oxidation sites excluding steroid dienone is 1. The molecule has 9 nitrogen and oxygen atoms in total. The first-order valence-corrected chi connectivity index (χ1v) is 15.2. The zero-order valence-electron chi connectivity index (χ0n) is 25.3. The molecular weight excluding hydrogens is 565 g/mol. The predicted molar refractivity (Wildman–Crippen MR) is 163 cm³/mol. The number of likely N-dealkylation sites (tertiary alicyclic amines) is 1. The van der Waals surface area contributed by atoms with Crippen molar-refractivity contribution in [3.63, 3.8) is 0 Å². The van der Waals surface area contributed by atoms with Gasteiger partial charge in [-0.3, -0.25) is 19.4 Å². The summed E-state index contributed by atoms with van der Waals surface area (Å²) in [5.74, 6) is -4.44. The van der Waals surface area contributed by atoms with Crippen LogP contribution in [0.3, 0.4) is 0 Å². The van der Waals surface area contributed by atoms with Gasteiger partial charge < -0.3 is 26.2 Å².